The molecule has 0 fully saturated rings. The van der Waals surface area contributed by atoms with Crippen LogP contribution in [0.4, 0.5) is 19.0 Å². The van der Waals surface area contributed by atoms with E-state index in [0.717, 1.165) is 16.4 Å². The fraction of sp³-hybridized carbons (Fsp3) is 0.474. The number of aromatic nitrogens is 3. The summed E-state index contributed by atoms with van der Waals surface area (Å²) in [5.74, 6) is 1.77. The maximum absolute atomic E-state index is 12.3. The lowest BCUT2D eigenvalue weighted by atomic mass is 10.1. The number of rotatable bonds is 7. The third kappa shape index (κ3) is 4.88. The van der Waals surface area contributed by atoms with Gasteiger partial charge < -0.3 is 15.4 Å². The van der Waals surface area contributed by atoms with Crippen molar-refractivity contribution in [3.63, 3.8) is 0 Å². The van der Waals surface area contributed by atoms with Gasteiger partial charge in [-0.15, -0.1) is 0 Å². The van der Waals surface area contributed by atoms with Crippen LogP contribution in [0.1, 0.15) is 32.5 Å². The van der Waals surface area contributed by atoms with E-state index in [9.17, 15) is 18.3 Å². The molecule has 3 aromatic rings. The SMILES string of the molecule is CC(C)(O)Cn1c(CSCCCC(F)(F)F)nc2c(N)nc3ccccc3c21. The highest BCUT2D eigenvalue weighted by Gasteiger charge is 2.26. The minimum Gasteiger partial charge on any atom is -0.389 e. The van der Waals surface area contributed by atoms with E-state index in [4.69, 9.17) is 5.73 Å². The van der Waals surface area contributed by atoms with Gasteiger partial charge in [0.05, 0.1) is 28.9 Å². The molecule has 0 unspecified atom stereocenters. The van der Waals surface area contributed by atoms with Gasteiger partial charge in [0.2, 0.25) is 0 Å². The Bertz CT molecular complexity index is 979. The van der Waals surface area contributed by atoms with Crippen molar-refractivity contribution >= 4 is 39.5 Å². The average molecular weight is 412 g/mol. The summed E-state index contributed by atoms with van der Waals surface area (Å²) in [5, 5.41) is 11.3. The van der Waals surface area contributed by atoms with Crippen LogP contribution < -0.4 is 5.73 Å². The lowest BCUT2D eigenvalue weighted by Crippen LogP contribution is -2.27. The maximum Gasteiger partial charge on any atom is 0.389 e. The molecule has 0 aliphatic carbocycles. The molecule has 0 aliphatic heterocycles. The smallest absolute Gasteiger partial charge is 0.389 e. The van der Waals surface area contributed by atoms with Crippen LogP contribution in [-0.4, -0.2) is 37.2 Å². The highest BCUT2D eigenvalue weighted by Crippen LogP contribution is 2.31. The number of nitrogen functional groups attached to an aromatic ring is 1. The summed E-state index contributed by atoms with van der Waals surface area (Å²) in [5.41, 5.74) is 7.18. The van der Waals surface area contributed by atoms with Crippen molar-refractivity contribution in [2.75, 3.05) is 11.5 Å². The lowest BCUT2D eigenvalue weighted by molar-refractivity contribution is -0.134. The van der Waals surface area contributed by atoms with Crippen molar-refractivity contribution in [3.05, 3.63) is 30.1 Å². The van der Waals surface area contributed by atoms with Crippen LogP contribution in [-0.2, 0) is 12.3 Å². The number of imidazole rings is 1. The van der Waals surface area contributed by atoms with Crippen LogP contribution >= 0.6 is 11.8 Å². The predicted octanol–water partition coefficient (Wildman–Crippen LogP) is 4.51. The molecule has 28 heavy (non-hydrogen) atoms. The largest absolute Gasteiger partial charge is 0.389 e. The molecule has 3 N–H and O–H groups in total. The van der Waals surface area contributed by atoms with Gasteiger partial charge in [0.25, 0.3) is 0 Å². The topological polar surface area (TPSA) is 77.0 Å². The van der Waals surface area contributed by atoms with Crippen molar-refractivity contribution in [1.82, 2.24) is 14.5 Å². The van der Waals surface area contributed by atoms with E-state index < -0.39 is 18.2 Å². The van der Waals surface area contributed by atoms with Crippen molar-refractivity contribution in [2.24, 2.45) is 0 Å². The molecular weight excluding hydrogens is 389 g/mol. The first kappa shape index (κ1) is 20.7. The zero-order valence-electron chi connectivity index (χ0n) is 15.8. The Morgan fingerprint density at radius 3 is 2.57 bits per heavy atom. The number of hydrogen-bond donors (Lipinski definition) is 2. The molecule has 0 aliphatic rings. The van der Waals surface area contributed by atoms with Gasteiger partial charge in [-0.05, 0) is 32.1 Å². The molecule has 9 heteroatoms. The molecule has 2 aromatic heterocycles. The minimum atomic E-state index is -4.13. The van der Waals surface area contributed by atoms with Crippen molar-refractivity contribution in [3.8, 4) is 0 Å². The summed E-state index contributed by atoms with van der Waals surface area (Å²) in [6.45, 7) is 3.69. The number of nitrogens with two attached hydrogens (primary N) is 1. The maximum atomic E-state index is 12.3. The molecule has 0 spiro atoms. The molecule has 152 valence electrons. The number of hydrogen-bond acceptors (Lipinski definition) is 5. The number of alkyl halides is 3. The van der Waals surface area contributed by atoms with Crippen molar-refractivity contribution in [1.29, 1.82) is 0 Å². The minimum absolute atomic E-state index is 0.0620. The van der Waals surface area contributed by atoms with E-state index in [0.29, 0.717) is 28.7 Å². The number of para-hydroxylation sites is 1. The Morgan fingerprint density at radius 2 is 1.89 bits per heavy atom. The van der Waals surface area contributed by atoms with E-state index >= 15 is 0 Å². The van der Waals surface area contributed by atoms with Gasteiger partial charge >= 0.3 is 6.18 Å². The third-order valence-electron chi connectivity index (χ3n) is 4.21. The van der Waals surface area contributed by atoms with Gasteiger partial charge in [-0.3, -0.25) is 0 Å². The van der Waals surface area contributed by atoms with Crippen molar-refractivity contribution in [2.45, 2.75) is 50.8 Å². The van der Waals surface area contributed by atoms with E-state index in [2.05, 4.69) is 9.97 Å². The van der Waals surface area contributed by atoms with Crippen LogP contribution in [0.25, 0.3) is 21.9 Å². The molecule has 2 heterocycles. The number of pyridine rings is 1. The molecule has 0 amide bonds. The summed E-state index contributed by atoms with van der Waals surface area (Å²) in [4.78, 5) is 9.01. The lowest BCUT2D eigenvalue weighted by Gasteiger charge is -2.20. The predicted molar refractivity (Wildman–Crippen MR) is 107 cm³/mol. The Balaban J connectivity index is 1.96. The second-order valence-corrected chi connectivity index (χ2v) is 8.51. The summed E-state index contributed by atoms with van der Waals surface area (Å²) in [7, 11) is 0. The molecule has 3 rings (SSSR count). The Morgan fingerprint density at radius 1 is 1.18 bits per heavy atom. The van der Waals surface area contributed by atoms with Gasteiger partial charge in [0.15, 0.2) is 5.82 Å². The first-order chi connectivity index (χ1) is 13.1. The fourth-order valence-electron chi connectivity index (χ4n) is 3.11. The quantitative estimate of drug-likeness (QED) is 0.558. The highest BCUT2D eigenvalue weighted by molar-refractivity contribution is 7.98. The molecule has 0 saturated heterocycles. The van der Waals surface area contributed by atoms with Gasteiger partial charge in [-0.25, -0.2) is 9.97 Å². The Labute approximate surface area is 165 Å². The number of benzene rings is 1. The number of anilines is 1. The summed E-state index contributed by atoms with van der Waals surface area (Å²) in [6.07, 6.45) is -4.86. The third-order valence-corrected chi connectivity index (χ3v) is 5.25. The van der Waals surface area contributed by atoms with Crippen LogP contribution in [0.5, 0.6) is 0 Å². The second-order valence-electron chi connectivity index (χ2n) is 7.41. The standard InChI is InChI=1S/C19H23F3N4OS/c1-18(2,27)11-26-14(10-28-9-5-8-19(20,21)22)25-15-16(26)12-6-3-4-7-13(12)24-17(15)23/h3-4,6-7,27H,5,8-11H2,1-2H3,(H2,23,24). The van der Waals surface area contributed by atoms with Crippen molar-refractivity contribution < 1.29 is 18.3 Å². The monoisotopic (exact) mass is 412 g/mol. The summed E-state index contributed by atoms with van der Waals surface area (Å²) in [6, 6.07) is 7.55. The van der Waals surface area contributed by atoms with Gasteiger partial charge in [0, 0.05) is 11.8 Å². The number of nitrogens with zero attached hydrogens (tertiary/aromatic N) is 3. The first-order valence-corrected chi connectivity index (χ1v) is 10.1. The molecule has 0 radical (unpaired) electrons. The fourth-order valence-corrected chi connectivity index (χ4v) is 4.01. The van der Waals surface area contributed by atoms with E-state index in [1.165, 1.54) is 11.8 Å². The summed E-state index contributed by atoms with van der Waals surface area (Å²) >= 11 is 1.39. The number of fused-ring (bicyclic) bond motifs is 3. The molecule has 1 aromatic carbocycles. The summed E-state index contributed by atoms with van der Waals surface area (Å²) < 4.78 is 38.9. The van der Waals surface area contributed by atoms with Gasteiger partial charge in [-0.1, -0.05) is 18.2 Å². The molecular formula is C19H23F3N4OS. The Hall–Kier alpha value is -2.00. The second kappa shape index (κ2) is 7.79. The zero-order chi connectivity index (χ0) is 20.5. The zero-order valence-corrected chi connectivity index (χ0v) is 16.6. The number of halogens is 3. The highest BCUT2D eigenvalue weighted by atomic mass is 32.2. The van der Waals surface area contributed by atoms with Crippen LogP contribution in [0.3, 0.4) is 0 Å². The van der Waals surface area contributed by atoms with E-state index in [-0.39, 0.29) is 13.0 Å². The molecule has 0 bridgehead atoms. The first-order valence-electron chi connectivity index (χ1n) is 8.95. The van der Waals surface area contributed by atoms with Crippen LogP contribution in [0, 0.1) is 0 Å². The van der Waals surface area contributed by atoms with Gasteiger partial charge in [0.1, 0.15) is 11.3 Å². The normalized spacial score (nSPS) is 12.9. The van der Waals surface area contributed by atoms with E-state index in [1.54, 1.807) is 13.8 Å². The van der Waals surface area contributed by atoms with Crippen LogP contribution in [0.15, 0.2) is 24.3 Å². The average Bonchev–Trinajstić information content (AvgIpc) is 2.91. The van der Waals surface area contributed by atoms with Crippen LogP contribution in [0.2, 0.25) is 0 Å². The van der Waals surface area contributed by atoms with Gasteiger partial charge in [-0.2, -0.15) is 24.9 Å². The number of thioether (sulfide) groups is 1. The molecule has 0 atom stereocenters. The number of aliphatic hydroxyl groups is 1. The molecule has 0 saturated carbocycles. The van der Waals surface area contributed by atoms with E-state index in [1.807, 2.05) is 28.8 Å². The Kier molecular flexibility index (Phi) is 5.77. The molecule has 5 nitrogen and oxygen atoms in total.